The molecule has 0 unspecified atom stereocenters. The molecule has 1 aromatic heterocycles. The molecule has 28 heavy (non-hydrogen) atoms. The van der Waals surface area contributed by atoms with Gasteiger partial charge in [-0.15, -0.1) is 0 Å². The van der Waals surface area contributed by atoms with E-state index in [2.05, 4.69) is 84.1 Å². The van der Waals surface area contributed by atoms with Crippen molar-refractivity contribution in [2.75, 3.05) is 23.3 Å². The molecule has 4 nitrogen and oxygen atoms in total. The van der Waals surface area contributed by atoms with E-state index in [-0.39, 0.29) is 0 Å². The van der Waals surface area contributed by atoms with Gasteiger partial charge in [0, 0.05) is 31.9 Å². The number of aromatic nitrogens is 2. The Bertz CT molecular complexity index is 847. The third-order valence-corrected chi connectivity index (χ3v) is 5.41. The lowest BCUT2D eigenvalue weighted by Gasteiger charge is -2.21. The maximum atomic E-state index is 4.84. The van der Waals surface area contributed by atoms with E-state index in [0.29, 0.717) is 0 Å². The maximum Gasteiger partial charge on any atom is 0.204 e. The van der Waals surface area contributed by atoms with E-state index in [4.69, 9.17) is 4.98 Å². The highest BCUT2D eigenvalue weighted by atomic mass is 15.2. The average Bonchev–Trinajstić information content (AvgIpc) is 3.09. The minimum atomic E-state index is 0.789. The highest BCUT2D eigenvalue weighted by Gasteiger charge is 2.10. The summed E-state index contributed by atoms with van der Waals surface area (Å²) in [5, 5.41) is 3.57. The maximum absolute atomic E-state index is 4.84. The van der Waals surface area contributed by atoms with E-state index in [1.807, 2.05) is 0 Å². The number of rotatable bonds is 11. The number of nitrogens with zero attached hydrogens (tertiary/aromatic N) is 3. The summed E-state index contributed by atoms with van der Waals surface area (Å²) in [5.74, 6) is 0.977. The summed E-state index contributed by atoms with van der Waals surface area (Å²) in [5.41, 5.74) is 4.85. The number of imidazole rings is 1. The van der Waals surface area contributed by atoms with Gasteiger partial charge in [0.15, 0.2) is 0 Å². The van der Waals surface area contributed by atoms with Gasteiger partial charge in [-0.25, -0.2) is 4.98 Å². The van der Waals surface area contributed by atoms with E-state index < -0.39 is 0 Å². The lowest BCUT2D eigenvalue weighted by atomic mass is 10.2. The van der Waals surface area contributed by atoms with Crippen molar-refractivity contribution in [2.24, 2.45) is 0 Å². The van der Waals surface area contributed by atoms with Crippen LogP contribution in [-0.2, 0) is 13.1 Å². The molecule has 0 saturated carbocycles. The Kier molecular flexibility index (Phi) is 7.35. The highest BCUT2D eigenvalue weighted by molar-refractivity contribution is 5.78. The smallest absolute Gasteiger partial charge is 0.204 e. The van der Waals surface area contributed by atoms with E-state index in [1.165, 1.54) is 42.5 Å². The van der Waals surface area contributed by atoms with Crippen LogP contribution in [0.15, 0.2) is 48.5 Å². The zero-order valence-electron chi connectivity index (χ0n) is 17.6. The molecule has 3 rings (SSSR count). The largest absolute Gasteiger partial charge is 0.372 e. The van der Waals surface area contributed by atoms with Gasteiger partial charge in [-0.2, -0.15) is 0 Å². The highest BCUT2D eigenvalue weighted by Crippen LogP contribution is 2.22. The van der Waals surface area contributed by atoms with Crippen LogP contribution in [0.25, 0.3) is 11.0 Å². The van der Waals surface area contributed by atoms with Gasteiger partial charge in [-0.05, 0) is 50.1 Å². The Hall–Kier alpha value is -2.49. The van der Waals surface area contributed by atoms with Crippen LogP contribution in [0.2, 0.25) is 0 Å². The number of para-hydroxylation sites is 2. The number of benzene rings is 2. The molecule has 1 N–H and O–H groups in total. The summed E-state index contributed by atoms with van der Waals surface area (Å²) in [6.45, 7) is 10.5. The van der Waals surface area contributed by atoms with Gasteiger partial charge >= 0.3 is 0 Å². The first-order valence-electron chi connectivity index (χ1n) is 10.8. The second kappa shape index (κ2) is 10.2. The molecule has 3 aromatic rings. The van der Waals surface area contributed by atoms with E-state index in [9.17, 15) is 0 Å². The van der Waals surface area contributed by atoms with E-state index >= 15 is 0 Å². The normalized spacial score (nSPS) is 11.1. The molecule has 1 heterocycles. The topological polar surface area (TPSA) is 33.1 Å². The Morgan fingerprint density at radius 2 is 1.64 bits per heavy atom. The molecule has 0 radical (unpaired) electrons. The van der Waals surface area contributed by atoms with Crippen molar-refractivity contribution < 1.29 is 0 Å². The standard InChI is InChI=1S/C24H34N4/c1-4-7-8-11-18-28-23-13-10-9-12-22(23)26-24(28)25-19-20-14-16-21(17-15-20)27(5-2)6-3/h9-10,12-17H,4-8,11,18-19H2,1-3H3,(H,25,26). The summed E-state index contributed by atoms with van der Waals surface area (Å²) >= 11 is 0. The van der Waals surface area contributed by atoms with Crippen LogP contribution in [0.4, 0.5) is 11.6 Å². The van der Waals surface area contributed by atoms with Crippen molar-refractivity contribution in [3.05, 3.63) is 54.1 Å². The van der Waals surface area contributed by atoms with Crippen LogP contribution in [0.1, 0.15) is 52.0 Å². The molecule has 0 bridgehead atoms. The molecule has 0 aliphatic rings. The minimum absolute atomic E-state index is 0.789. The molecule has 0 amide bonds. The van der Waals surface area contributed by atoms with Crippen LogP contribution < -0.4 is 10.2 Å². The third kappa shape index (κ3) is 4.86. The zero-order valence-corrected chi connectivity index (χ0v) is 17.6. The number of hydrogen-bond acceptors (Lipinski definition) is 3. The summed E-state index contributed by atoms with van der Waals surface area (Å²) in [6.07, 6.45) is 5.03. The van der Waals surface area contributed by atoms with Gasteiger partial charge in [0.25, 0.3) is 0 Å². The molecule has 0 spiro atoms. The number of hydrogen-bond donors (Lipinski definition) is 1. The van der Waals surface area contributed by atoms with E-state index in [0.717, 1.165) is 37.6 Å². The van der Waals surface area contributed by atoms with Crippen molar-refractivity contribution in [3.8, 4) is 0 Å². The third-order valence-electron chi connectivity index (χ3n) is 5.41. The van der Waals surface area contributed by atoms with Crippen molar-refractivity contribution in [1.82, 2.24) is 9.55 Å². The Labute approximate surface area is 169 Å². The Morgan fingerprint density at radius 3 is 2.36 bits per heavy atom. The predicted octanol–water partition coefficient (Wildman–Crippen LogP) is 6.07. The first-order chi connectivity index (χ1) is 13.8. The second-order valence-electron chi connectivity index (χ2n) is 7.33. The van der Waals surface area contributed by atoms with Crippen molar-refractivity contribution in [1.29, 1.82) is 0 Å². The first-order valence-corrected chi connectivity index (χ1v) is 10.8. The minimum Gasteiger partial charge on any atom is -0.372 e. The predicted molar refractivity (Wildman–Crippen MR) is 121 cm³/mol. The van der Waals surface area contributed by atoms with Crippen LogP contribution in [-0.4, -0.2) is 22.6 Å². The molecule has 0 aliphatic heterocycles. The first kappa shape index (κ1) is 20.2. The van der Waals surface area contributed by atoms with Crippen LogP contribution in [0.3, 0.4) is 0 Å². The monoisotopic (exact) mass is 378 g/mol. The van der Waals surface area contributed by atoms with Gasteiger partial charge in [-0.1, -0.05) is 50.5 Å². The summed E-state index contributed by atoms with van der Waals surface area (Å²) < 4.78 is 2.34. The number of anilines is 2. The molecule has 150 valence electrons. The van der Waals surface area contributed by atoms with Crippen molar-refractivity contribution in [3.63, 3.8) is 0 Å². The SMILES string of the molecule is CCCCCCn1c(NCc2ccc(N(CC)CC)cc2)nc2ccccc21. The van der Waals surface area contributed by atoms with Crippen molar-refractivity contribution in [2.45, 2.75) is 59.5 Å². The molecule has 2 aromatic carbocycles. The fraction of sp³-hybridized carbons (Fsp3) is 0.458. The number of unbranched alkanes of at least 4 members (excludes halogenated alkanes) is 3. The molecule has 0 saturated heterocycles. The van der Waals surface area contributed by atoms with Crippen LogP contribution in [0.5, 0.6) is 0 Å². The quantitative estimate of drug-likeness (QED) is 0.411. The zero-order chi connectivity index (χ0) is 19.8. The lowest BCUT2D eigenvalue weighted by molar-refractivity contribution is 0.593. The summed E-state index contributed by atoms with van der Waals surface area (Å²) in [4.78, 5) is 7.21. The fourth-order valence-electron chi connectivity index (χ4n) is 3.73. The molecular formula is C24H34N4. The number of nitrogens with one attached hydrogen (secondary N) is 1. The fourth-order valence-corrected chi connectivity index (χ4v) is 3.73. The molecule has 0 fully saturated rings. The number of fused-ring (bicyclic) bond motifs is 1. The second-order valence-corrected chi connectivity index (χ2v) is 7.33. The average molecular weight is 379 g/mol. The molecular weight excluding hydrogens is 344 g/mol. The van der Waals surface area contributed by atoms with Crippen LogP contribution >= 0.6 is 0 Å². The molecule has 4 heteroatoms. The van der Waals surface area contributed by atoms with Crippen LogP contribution in [0, 0.1) is 0 Å². The van der Waals surface area contributed by atoms with Crippen molar-refractivity contribution >= 4 is 22.7 Å². The van der Waals surface area contributed by atoms with Gasteiger partial charge < -0.3 is 14.8 Å². The van der Waals surface area contributed by atoms with Gasteiger partial charge in [-0.3, -0.25) is 0 Å². The molecule has 0 aliphatic carbocycles. The van der Waals surface area contributed by atoms with Gasteiger partial charge in [0.1, 0.15) is 0 Å². The lowest BCUT2D eigenvalue weighted by Crippen LogP contribution is -2.21. The number of aryl methyl sites for hydroxylation is 1. The summed E-state index contributed by atoms with van der Waals surface area (Å²) in [6, 6.07) is 17.3. The van der Waals surface area contributed by atoms with Gasteiger partial charge in [0.05, 0.1) is 11.0 Å². The Balaban J connectivity index is 1.71. The van der Waals surface area contributed by atoms with Gasteiger partial charge in [0.2, 0.25) is 5.95 Å². The Morgan fingerprint density at radius 1 is 0.893 bits per heavy atom. The molecule has 0 atom stereocenters. The summed E-state index contributed by atoms with van der Waals surface area (Å²) in [7, 11) is 0. The van der Waals surface area contributed by atoms with E-state index in [1.54, 1.807) is 0 Å².